The third kappa shape index (κ3) is 5.91. The van der Waals surface area contributed by atoms with Crippen LogP contribution in [0.1, 0.15) is 39.5 Å². The molecule has 0 bridgehead atoms. The average Bonchev–Trinajstić information content (AvgIpc) is 3.20. The van der Waals surface area contributed by atoms with Gasteiger partial charge >= 0.3 is 0 Å². The van der Waals surface area contributed by atoms with Crippen molar-refractivity contribution in [3.05, 3.63) is 51.0 Å². The molecule has 0 spiro atoms. The van der Waals surface area contributed by atoms with Gasteiger partial charge in [-0.25, -0.2) is 4.98 Å². The maximum absolute atomic E-state index is 11.9. The average molecular weight is 513 g/mol. The van der Waals surface area contributed by atoms with Crippen molar-refractivity contribution in [3.8, 4) is 0 Å². The lowest BCUT2D eigenvalue weighted by atomic mass is 10.1. The second-order valence-corrected chi connectivity index (χ2v) is 8.00. The number of likely N-dealkylation sites (tertiary alicyclic amines) is 1. The van der Waals surface area contributed by atoms with Gasteiger partial charge in [-0.15, -0.1) is 35.3 Å². The van der Waals surface area contributed by atoms with Gasteiger partial charge in [0.25, 0.3) is 0 Å². The van der Waals surface area contributed by atoms with E-state index in [1.165, 1.54) is 16.0 Å². The molecule has 0 unspecified atom stereocenters. The molecule has 28 heavy (non-hydrogen) atoms. The summed E-state index contributed by atoms with van der Waals surface area (Å²) in [6.07, 6.45) is 1.64. The van der Waals surface area contributed by atoms with Crippen molar-refractivity contribution < 1.29 is 4.79 Å². The number of guanidine groups is 1. The summed E-state index contributed by atoms with van der Waals surface area (Å²) in [5.41, 5.74) is 3.44. The molecule has 1 fully saturated rings. The van der Waals surface area contributed by atoms with Crippen molar-refractivity contribution >= 4 is 47.2 Å². The van der Waals surface area contributed by atoms with E-state index in [1.807, 2.05) is 30.9 Å². The fraction of sp³-hybridized carbons (Fsp3) is 0.450. The summed E-state index contributed by atoms with van der Waals surface area (Å²) in [7, 11) is 1.77. The van der Waals surface area contributed by atoms with E-state index in [4.69, 9.17) is 0 Å². The Bertz CT molecular complexity index is 836. The molecule has 8 heteroatoms. The van der Waals surface area contributed by atoms with Crippen molar-refractivity contribution in [1.29, 1.82) is 0 Å². The van der Waals surface area contributed by atoms with Crippen LogP contribution in [0.25, 0.3) is 0 Å². The number of thiazole rings is 1. The Morgan fingerprint density at radius 2 is 1.93 bits per heavy atom. The molecular formula is C20H28IN5OS. The minimum absolute atomic E-state index is 0. The predicted octanol–water partition coefficient (Wildman–Crippen LogP) is 3.37. The third-order valence-corrected chi connectivity index (χ3v) is 5.81. The zero-order chi connectivity index (χ0) is 19.2. The molecule has 0 saturated carbocycles. The van der Waals surface area contributed by atoms with Crippen LogP contribution in [0.15, 0.2) is 29.3 Å². The van der Waals surface area contributed by atoms with Gasteiger partial charge in [0.2, 0.25) is 5.91 Å². The molecule has 2 N–H and O–H groups in total. The van der Waals surface area contributed by atoms with Gasteiger partial charge in [0.1, 0.15) is 0 Å². The van der Waals surface area contributed by atoms with E-state index < -0.39 is 0 Å². The molecular weight excluding hydrogens is 485 g/mol. The highest BCUT2D eigenvalue weighted by Gasteiger charge is 2.20. The lowest BCUT2D eigenvalue weighted by Gasteiger charge is -2.19. The molecule has 1 saturated heterocycles. The van der Waals surface area contributed by atoms with Gasteiger partial charge in [0.05, 0.1) is 17.2 Å². The molecule has 0 radical (unpaired) electrons. The van der Waals surface area contributed by atoms with Crippen LogP contribution < -0.4 is 10.6 Å². The van der Waals surface area contributed by atoms with Crippen molar-refractivity contribution in [2.24, 2.45) is 4.99 Å². The Hall–Kier alpha value is -1.68. The van der Waals surface area contributed by atoms with Gasteiger partial charge in [0.15, 0.2) is 5.96 Å². The standard InChI is InChI=1S/C20H27N5OS.HI/c1-14-18(27-15(2)24-14)12-23-20(21-3)22-11-16-7-4-5-8-17(16)13-25-10-6-9-19(25)26;/h4-5,7-8H,6,9-13H2,1-3H3,(H2,21,22,23);1H. The topological polar surface area (TPSA) is 69.6 Å². The first kappa shape index (κ1) is 22.6. The van der Waals surface area contributed by atoms with E-state index >= 15 is 0 Å². The number of aryl methyl sites for hydroxylation is 2. The van der Waals surface area contributed by atoms with Gasteiger partial charge in [-0.1, -0.05) is 24.3 Å². The molecule has 0 aliphatic carbocycles. The van der Waals surface area contributed by atoms with Gasteiger partial charge in [-0.2, -0.15) is 0 Å². The normalized spacial score (nSPS) is 14.2. The first-order chi connectivity index (χ1) is 13.1. The van der Waals surface area contributed by atoms with E-state index in [2.05, 4.69) is 32.7 Å². The fourth-order valence-electron chi connectivity index (χ4n) is 3.26. The number of carbonyl (C=O) groups is 1. The molecule has 0 atom stereocenters. The molecule has 1 aromatic heterocycles. The summed E-state index contributed by atoms with van der Waals surface area (Å²) >= 11 is 1.71. The molecule has 2 aromatic rings. The van der Waals surface area contributed by atoms with Gasteiger partial charge in [0, 0.05) is 38.0 Å². The number of hydrogen-bond acceptors (Lipinski definition) is 4. The molecule has 6 nitrogen and oxygen atoms in total. The Labute approximate surface area is 187 Å². The molecule has 3 rings (SSSR count). The second kappa shape index (κ2) is 10.8. The van der Waals surface area contributed by atoms with E-state index in [0.717, 1.165) is 29.6 Å². The van der Waals surface area contributed by atoms with E-state index in [1.54, 1.807) is 18.4 Å². The molecule has 152 valence electrons. The van der Waals surface area contributed by atoms with Crippen molar-refractivity contribution in [2.45, 2.75) is 46.3 Å². The minimum Gasteiger partial charge on any atom is -0.352 e. The van der Waals surface area contributed by atoms with Crippen molar-refractivity contribution in [2.75, 3.05) is 13.6 Å². The number of halogens is 1. The highest BCUT2D eigenvalue weighted by atomic mass is 127. The maximum Gasteiger partial charge on any atom is 0.222 e. The van der Waals surface area contributed by atoms with Crippen molar-refractivity contribution in [3.63, 3.8) is 0 Å². The lowest BCUT2D eigenvalue weighted by Crippen LogP contribution is -2.36. The summed E-state index contributed by atoms with van der Waals surface area (Å²) in [6.45, 7) is 6.97. The Balaban J connectivity index is 0.00000280. The van der Waals surface area contributed by atoms with E-state index in [-0.39, 0.29) is 29.9 Å². The number of nitrogens with zero attached hydrogens (tertiary/aromatic N) is 3. The Kier molecular flexibility index (Phi) is 8.68. The number of carbonyl (C=O) groups excluding carboxylic acids is 1. The quantitative estimate of drug-likeness (QED) is 0.353. The van der Waals surface area contributed by atoms with Crippen LogP contribution >= 0.6 is 35.3 Å². The number of hydrogen-bond donors (Lipinski definition) is 2. The van der Waals surface area contributed by atoms with Crippen molar-refractivity contribution in [1.82, 2.24) is 20.5 Å². The van der Waals surface area contributed by atoms with Crippen LogP contribution in [-0.2, 0) is 24.4 Å². The van der Waals surface area contributed by atoms with Crippen LogP contribution in [0.4, 0.5) is 0 Å². The first-order valence-electron chi connectivity index (χ1n) is 9.29. The maximum atomic E-state index is 11.9. The summed E-state index contributed by atoms with van der Waals surface area (Å²) in [6, 6.07) is 8.27. The molecule has 1 amide bonds. The fourth-order valence-corrected chi connectivity index (χ4v) is 4.14. The van der Waals surface area contributed by atoms with E-state index in [0.29, 0.717) is 26.1 Å². The second-order valence-electron chi connectivity index (χ2n) is 6.71. The number of benzene rings is 1. The predicted molar refractivity (Wildman–Crippen MR) is 125 cm³/mol. The minimum atomic E-state index is 0. The van der Waals surface area contributed by atoms with E-state index in [9.17, 15) is 4.79 Å². The lowest BCUT2D eigenvalue weighted by molar-refractivity contribution is -0.128. The van der Waals surface area contributed by atoms with Crippen LogP contribution in [0.5, 0.6) is 0 Å². The molecule has 1 aliphatic heterocycles. The number of nitrogens with one attached hydrogen (secondary N) is 2. The number of aromatic nitrogens is 1. The largest absolute Gasteiger partial charge is 0.352 e. The van der Waals surface area contributed by atoms with Crippen LogP contribution in [-0.4, -0.2) is 35.3 Å². The summed E-state index contributed by atoms with van der Waals surface area (Å²) in [5.74, 6) is 1.01. The highest BCUT2D eigenvalue weighted by molar-refractivity contribution is 14.0. The SMILES string of the molecule is CN=C(NCc1ccccc1CN1CCCC1=O)NCc1sc(C)nc1C.I. The first-order valence-corrected chi connectivity index (χ1v) is 10.1. The summed E-state index contributed by atoms with van der Waals surface area (Å²) < 4.78 is 0. The zero-order valence-corrected chi connectivity index (χ0v) is 19.8. The Morgan fingerprint density at radius 3 is 2.54 bits per heavy atom. The molecule has 1 aromatic carbocycles. The number of rotatable bonds is 6. The Morgan fingerprint density at radius 1 is 1.21 bits per heavy atom. The zero-order valence-electron chi connectivity index (χ0n) is 16.6. The van der Waals surface area contributed by atoms with Crippen LogP contribution in [0.2, 0.25) is 0 Å². The molecule has 1 aliphatic rings. The summed E-state index contributed by atoms with van der Waals surface area (Å²) in [4.78, 5) is 23.9. The smallest absolute Gasteiger partial charge is 0.222 e. The number of amides is 1. The van der Waals surface area contributed by atoms with Crippen LogP contribution in [0, 0.1) is 13.8 Å². The third-order valence-electron chi connectivity index (χ3n) is 4.74. The van der Waals surface area contributed by atoms with Gasteiger partial charge in [-0.05, 0) is 31.4 Å². The monoisotopic (exact) mass is 513 g/mol. The highest BCUT2D eigenvalue weighted by Crippen LogP contribution is 2.18. The molecule has 2 heterocycles. The van der Waals surface area contributed by atoms with Gasteiger partial charge < -0.3 is 15.5 Å². The number of aliphatic imine (C=N–C) groups is 1. The summed E-state index contributed by atoms with van der Waals surface area (Å²) in [5, 5.41) is 7.81. The van der Waals surface area contributed by atoms with Crippen LogP contribution in [0.3, 0.4) is 0 Å². The van der Waals surface area contributed by atoms with Gasteiger partial charge in [-0.3, -0.25) is 9.79 Å².